The summed E-state index contributed by atoms with van der Waals surface area (Å²) in [6.45, 7) is 13.7. The molecule has 0 bridgehead atoms. The summed E-state index contributed by atoms with van der Waals surface area (Å²) in [4.78, 5) is 4.70. The van der Waals surface area contributed by atoms with Crippen molar-refractivity contribution in [1.29, 1.82) is 0 Å². The highest BCUT2D eigenvalue weighted by atomic mass is 32.2. The van der Waals surface area contributed by atoms with Crippen molar-refractivity contribution in [2.75, 3.05) is 13.1 Å². The Morgan fingerprint density at radius 2 is 1.95 bits per heavy atom. The van der Waals surface area contributed by atoms with E-state index in [4.69, 9.17) is 4.99 Å². The molecule has 0 fully saturated rings. The molecule has 1 aliphatic rings. The fraction of sp³-hybridized carbons (Fsp3) is 0.941. The van der Waals surface area contributed by atoms with Gasteiger partial charge < -0.3 is 5.32 Å². The zero-order valence-corrected chi connectivity index (χ0v) is 15.0. The maximum Gasteiger partial charge on any atom is 0.156 e. The van der Waals surface area contributed by atoms with Gasteiger partial charge in [-0.05, 0) is 17.8 Å². The quantitative estimate of drug-likeness (QED) is 0.600. The Morgan fingerprint density at radius 3 is 2.55 bits per heavy atom. The van der Waals surface area contributed by atoms with Crippen molar-refractivity contribution in [2.45, 2.75) is 78.4 Å². The second-order valence-electron chi connectivity index (χ2n) is 6.85. The molecule has 1 rings (SSSR count). The van der Waals surface area contributed by atoms with Crippen LogP contribution in [0, 0.1) is 11.3 Å². The van der Waals surface area contributed by atoms with Gasteiger partial charge in [0.05, 0.1) is 6.54 Å². The third-order valence-corrected chi connectivity index (χ3v) is 5.76. The molecule has 0 amide bonds. The van der Waals surface area contributed by atoms with E-state index >= 15 is 0 Å². The summed E-state index contributed by atoms with van der Waals surface area (Å²) in [6, 6.07) is 0. The standard InChI is InChI=1S/C17H34N2S/c1-6-9-10-11-17(4,5)13-19-16-18-12-15(20-16)14(7-2)8-3/h14-15H,6-13H2,1-5H3,(H,18,19). The molecule has 0 aromatic heterocycles. The largest absolute Gasteiger partial charge is 0.364 e. The predicted molar refractivity (Wildman–Crippen MR) is 93.7 cm³/mol. The van der Waals surface area contributed by atoms with Crippen LogP contribution in [-0.2, 0) is 0 Å². The smallest absolute Gasteiger partial charge is 0.156 e. The zero-order chi connectivity index (χ0) is 15.0. The second-order valence-corrected chi connectivity index (χ2v) is 8.08. The lowest BCUT2D eigenvalue weighted by Gasteiger charge is -2.25. The molecule has 3 heteroatoms. The summed E-state index contributed by atoms with van der Waals surface area (Å²) in [5.74, 6) is 0.820. The summed E-state index contributed by atoms with van der Waals surface area (Å²) in [7, 11) is 0. The van der Waals surface area contributed by atoms with E-state index in [9.17, 15) is 0 Å². The van der Waals surface area contributed by atoms with Crippen LogP contribution in [0.15, 0.2) is 4.99 Å². The summed E-state index contributed by atoms with van der Waals surface area (Å²) in [6.07, 6.45) is 7.88. The first-order valence-corrected chi connectivity index (χ1v) is 9.35. The molecule has 0 radical (unpaired) electrons. The Labute approximate surface area is 130 Å². The summed E-state index contributed by atoms with van der Waals surface area (Å²) < 4.78 is 0. The van der Waals surface area contributed by atoms with Crippen LogP contribution in [-0.4, -0.2) is 23.5 Å². The van der Waals surface area contributed by atoms with Gasteiger partial charge in [-0.25, -0.2) is 0 Å². The van der Waals surface area contributed by atoms with Crippen LogP contribution in [0.25, 0.3) is 0 Å². The molecule has 0 aromatic rings. The van der Waals surface area contributed by atoms with E-state index in [0.29, 0.717) is 10.7 Å². The van der Waals surface area contributed by atoms with Crippen molar-refractivity contribution in [1.82, 2.24) is 5.32 Å². The van der Waals surface area contributed by atoms with E-state index in [1.165, 1.54) is 43.7 Å². The van der Waals surface area contributed by atoms with Gasteiger partial charge in [-0.1, -0.05) is 78.5 Å². The van der Waals surface area contributed by atoms with Gasteiger partial charge in [-0.15, -0.1) is 0 Å². The summed E-state index contributed by atoms with van der Waals surface area (Å²) in [5.41, 5.74) is 0.380. The average molecular weight is 299 g/mol. The lowest BCUT2D eigenvalue weighted by Crippen LogP contribution is -2.32. The molecule has 1 N–H and O–H groups in total. The average Bonchev–Trinajstić information content (AvgIpc) is 2.87. The Balaban J connectivity index is 2.29. The molecule has 2 nitrogen and oxygen atoms in total. The highest BCUT2D eigenvalue weighted by Gasteiger charge is 2.27. The normalized spacial score (nSPS) is 19.5. The number of unbranched alkanes of at least 4 members (excludes halogenated alkanes) is 2. The van der Waals surface area contributed by atoms with Gasteiger partial charge >= 0.3 is 0 Å². The molecular formula is C17H34N2S. The number of rotatable bonds is 9. The van der Waals surface area contributed by atoms with Crippen molar-refractivity contribution < 1.29 is 0 Å². The van der Waals surface area contributed by atoms with Gasteiger partial charge in [0.1, 0.15) is 0 Å². The molecule has 0 spiro atoms. The third-order valence-electron chi connectivity index (χ3n) is 4.43. The first kappa shape index (κ1) is 17.9. The van der Waals surface area contributed by atoms with Gasteiger partial charge in [0, 0.05) is 11.8 Å². The van der Waals surface area contributed by atoms with E-state index in [1.54, 1.807) is 0 Å². The summed E-state index contributed by atoms with van der Waals surface area (Å²) in [5, 5.41) is 5.48. The van der Waals surface area contributed by atoms with Gasteiger partial charge in [-0.2, -0.15) is 0 Å². The van der Waals surface area contributed by atoms with Crippen LogP contribution in [0.4, 0.5) is 0 Å². The molecule has 0 aliphatic carbocycles. The molecule has 0 saturated carbocycles. The van der Waals surface area contributed by atoms with Crippen molar-refractivity contribution in [2.24, 2.45) is 16.3 Å². The molecule has 1 heterocycles. The van der Waals surface area contributed by atoms with Crippen molar-refractivity contribution in [3.8, 4) is 0 Å². The van der Waals surface area contributed by atoms with Gasteiger partial charge in [0.15, 0.2) is 5.17 Å². The van der Waals surface area contributed by atoms with E-state index in [1.807, 2.05) is 11.8 Å². The lowest BCUT2D eigenvalue weighted by molar-refractivity contribution is 0.320. The Morgan fingerprint density at radius 1 is 1.25 bits per heavy atom. The second kappa shape index (κ2) is 8.96. The van der Waals surface area contributed by atoms with Crippen LogP contribution in [0.2, 0.25) is 0 Å². The Bertz CT molecular complexity index is 295. The van der Waals surface area contributed by atoms with Crippen LogP contribution in [0.5, 0.6) is 0 Å². The summed E-state index contributed by atoms with van der Waals surface area (Å²) >= 11 is 1.98. The topological polar surface area (TPSA) is 24.4 Å². The van der Waals surface area contributed by atoms with Crippen LogP contribution in [0.1, 0.15) is 73.1 Å². The first-order chi connectivity index (χ1) is 9.52. The molecule has 118 valence electrons. The number of aliphatic imine (C=N–C) groups is 1. The number of hydrogen-bond acceptors (Lipinski definition) is 3. The highest BCUT2D eigenvalue weighted by molar-refractivity contribution is 8.14. The van der Waals surface area contributed by atoms with Crippen molar-refractivity contribution >= 4 is 16.9 Å². The lowest BCUT2D eigenvalue weighted by atomic mass is 9.87. The Kier molecular flexibility index (Phi) is 8.01. The maximum absolute atomic E-state index is 4.70. The van der Waals surface area contributed by atoms with E-state index in [-0.39, 0.29) is 0 Å². The number of thioether (sulfide) groups is 1. The zero-order valence-electron chi connectivity index (χ0n) is 14.2. The molecule has 1 unspecified atom stereocenters. The fourth-order valence-corrected chi connectivity index (χ4v) is 4.12. The minimum Gasteiger partial charge on any atom is -0.364 e. The SMILES string of the molecule is CCCCCC(C)(C)CNC1=NCC(C(CC)CC)S1. The molecule has 1 aliphatic heterocycles. The molecule has 0 aromatic carbocycles. The van der Waals surface area contributed by atoms with Crippen LogP contribution >= 0.6 is 11.8 Å². The minimum atomic E-state index is 0.380. The van der Waals surface area contributed by atoms with Gasteiger partial charge in [-0.3, -0.25) is 4.99 Å². The monoisotopic (exact) mass is 298 g/mol. The van der Waals surface area contributed by atoms with Gasteiger partial charge in [0.2, 0.25) is 0 Å². The number of amidine groups is 1. The molecule has 0 saturated heterocycles. The van der Waals surface area contributed by atoms with E-state index in [0.717, 1.165) is 19.0 Å². The number of hydrogen-bond donors (Lipinski definition) is 1. The number of nitrogens with zero attached hydrogens (tertiary/aromatic N) is 1. The minimum absolute atomic E-state index is 0.380. The molecule has 1 atom stereocenters. The van der Waals surface area contributed by atoms with Crippen molar-refractivity contribution in [3.05, 3.63) is 0 Å². The Hall–Kier alpha value is -0.180. The third kappa shape index (κ3) is 6.07. The van der Waals surface area contributed by atoms with Crippen LogP contribution < -0.4 is 5.32 Å². The fourth-order valence-electron chi connectivity index (χ4n) is 2.80. The molecule has 20 heavy (non-hydrogen) atoms. The van der Waals surface area contributed by atoms with E-state index < -0.39 is 0 Å². The maximum atomic E-state index is 4.70. The van der Waals surface area contributed by atoms with E-state index in [2.05, 4.69) is 39.9 Å². The predicted octanol–water partition coefficient (Wildman–Crippen LogP) is 5.09. The highest BCUT2D eigenvalue weighted by Crippen LogP contribution is 2.31. The number of nitrogens with one attached hydrogen (secondary N) is 1. The van der Waals surface area contributed by atoms with Crippen molar-refractivity contribution in [3.63, 3.8) is 0 Å². The van der Waals surface area contributed by atoms with Crippen LogP contribution in [0.3, 0.4) is 0 Å². The first-order valence-electron chi connectivity index (χ1n) is 8.47. The van der Waals surface area contributed by atoms with Gasteiger partial charge in [0.25, 0.3) is 0 Å². The molecular weight excluding hydrogens is 264 g/mol.